The maximum atomic E-state index is 12.8. The summed E-state index contributed by atoms with van der Waals surface area (Å²) in [6, 6.07) is 12.4. The van der Waals surface area contributed by atoms with Crippen LogP contribution in [0.1, 0.15) is 63.3 Å². The molecule has 1 aliphatic rings. The Hall–Kier alpha value is -4.19. The van der Waals surface area contributed by atoms with Crippen molar-refractivity contribution < 1.29 is 33.4 Å². The van der Waals surface area contributed by atoms with Gasteiger partial charge in [0, 0.05) is 32.9 Å². The number of pyridine rings is 1. The summed E-state index contributed by atoms with van der Waals surface area (Å²) in [4.78, 5) is 60.4. The van der Waals surface area contributed by atoms with E-state index in [1.165, 1.54) is 12.0 Å². The number of esters is 1. The normalized spacial score (nSPS) is 13.4. The van der Waals surface area contributed by atoms with Crippen molar-refractivity contribution in [3.63, 3.8) is 0 Å². The Morgan fingerprint density at radius 3 is 2.43 bits per heavy atom. The summed E-state index contributed by atoms with van der Waals surface area (Å²) in [5, 5.41) is 2.60. The summed E-state index contributed by atoms with van der Waals surface area (Å²) >= 11 is 0. The van der Waals surface area contributed by atoms with Gasteiger partial charge in [0.15, 0.2) is 0 Å². The molecule has 0 fully saturated rings. The van der Waals surface area contributed by atoms with Crippen molar-refractivity contribution in [1.29, 1.82) is 0 Å². The van der Waals surface area contributed by atoms with Gasteiger partial charge in [0.1, 0.15) is 24.1 Å². The van der Waals surface area contributed by atoms with Gasteiger partial charge < -0.3 is 24.4 Å². The van der Waals surface area contributed by atoms with Crippen LogP contribution in [0, 0.1) is 0 Å². The number of amides is 3. The highest BCUT2D eigenvalue weighted by atomic mass is 16.6. The summed E-state index contributed by atoms with van der Waals surface area (Å²) in [5.41, 5.74) is 2.15. The summed E-state index contributed by atoms with van der Waals surface area (Å²) < 4.78 is 15.8. The van der Waals surface area contributed by atoms with E-state index in [0.717, 1.165) is 42.5 Å². The van der Waals surface area contributed by atoms with Crippen LogP contribution in [0.5, 0.6) is 0 Å². The molecule has 3 rings (SSSR count). The Labute approximate surface area is 272 Å². The van der Waals surface area contributed by atoms with Crippen LogP contribution in [-0.2, 0) is 43.2 Å². The van der Waals surface area contributed by atoms with Crippen molar-refractivity contribution in [3.8, 4) is 0 Å². The van der Waals surface area contributed by atoms with E-state index in [9.17, 15) is 19.2 Å². The van der Waals surface area contributed by atoms with Gasteiger partial charge in [-0.3, -0.25) is 14.6 Å². The number of alkyl carbamates (subject to hydrolysis) is 1. The lowest BCUT2D eigenvalue weighted by Crippen LogP contribution is -2.45. The third-order valence-corrected chi connectivity index (χ3v) is 7.45. The molecule has 0 radical (unpaired) electrons. The average molecular weight is 640 g/mol. The van der Waals surface area contributed by atoms with E-state index in [0.29, 0.717) is 31.9 Å². The van der Waals surface area contributed by atoms with Gasteiger partial charge in [-0.15, -0.1) is 0 Å². The zero-order chi connectivity index (χ0) is 33.7. The second-order valence-electron chi connectivity index (χ2n) is 12.6. The van der Waals surface area contributed by atoms with Gasteiger partial charge in [-0.2, -0.15) is 0 Å². The van der Waals surface area contributed by atoms with Gasteiger partial charge >= 0.3 is 18.2 Å². The van der Waals surface area contributed by atoms with Crippen LogP contribution >= 0.6 is 0 Å². The Bertz CT molecular complexity index is 1310. The molecule has 1 aromatic carbocycles. The third kappa shape index (κ3) is 12.0. The molecule has 2 heterocycles. The Balaban J connectivity index is 1.57. The van der Waals surface area contributed by atoms with E-state index in [-0.39, 0.29) is 31.6 Å². The van der Waals surface area contributed by atoms with Crippen LogP contribution in [0.4, 0.5) is 15.4 Å². The van der Waals surface area contributed by atoms with Gasteiger partial charge in [0.2, 0.25) is 5.91 Å². The maximum absolute atomic E-state index is 12.8. The highest BCUT2D eigenvalue weighted by Crippen LogP contribution is 2.27. The topological polar surface area (TPSA) is 131 Å². The molecule has 1 aromatic heterocycles. The smallest absolute Gasteiger partial charge is 0.416 e. The molecule has 0 saturated carbocycles. The van der Waals surface area contributed by atoms with E-state index in [2.05, 4.69) is 5.32 Å². The second-order valence-corrected chi connectivity index (χ2v) is 12.6. The summed E-state index contributed by atoms with van der Waals surface area (Å²) in [6.45, 7) is 7.33. The van der Waals surface area contributed by atoms with Crippen molar-refractivity contribution in [2.75, 3.05) is 52.3 Å². The summed E-state index contributed by atoms with van der Waals surface area (Å²) in [7, 11) is 4.66. The summed E-state index contributed by atoms with van der Waals surface area (Å²) in [6.07, 6.45) is 3.12. The van der Waals surface area contributed by atoms with Crippen LogP contribution in [0.2, 0.25) is 0 Å². The molecule has 1 aliphatic heterocycles. The van der Waals surface area contributed by atoms with Crippen LogP contribution in [-0.4, -0.2) is 97.9 Å². The van der Waals surface area contributed by atoms with Crippen molar-refractivity contribution in [2.45, 2.75) is 77.5 Å². The number of carbonyl (C=O) groups excluding carboxylic acids is 4. The largest absolute Gasteiger partial charge is 0.467 e. The van der Waals surface area contributed by atoms with Crippen molar-refractivity contribution >= 4 is 29.9 Å². The molecular weight excluding hydrogens is 590 g/mol. The molecule has 252 valence electrons. The van der Waals surface area contributed by atoms with Gasteiger partial charge in [0.05, 0.1) is 13.7 Å². The fourth-order valence-corrected chi connectivity index (χ4v) is 4.97. The highest BCUT2D eigenvalue weighted by Gasteiger charge is 2.29. The molecule has 12 heteroatoms. The van der Waals surface area contributed by atoms with Crippen LogP contribution in [0.15, 0.2) is 42.5 Å². The fourth-order valence-electron chi connectivity index (χ4n) is 4.97. The monoisotopic (exact) mass is 639 g/mol. The minimum absolute atomic E-state index is 0.0663. The molecule has 3 amide bonds. The fraction of sp³-hybridized carbons (Fsp3) is 0.559. The molecule has 1 N–H and O–H groups in total. The van der Waals surface area contributed by atoms with Crippen LogP contribution in [0.3, 0.4) is 0 Å². The number of unbranched alkanes of at least 4 members (excludes halogenated alkanes) is 1. The Morgan fingerprint density at radius 1 is 1.02 bits per heavy atom. The molecule has 12 nitrogen and oxygen atoms in total. The van der Waals surface area contributed by atoms with Gasteiger partial charge in [-0.1, -0.05) is 36.4 Å². The average Bonchev–Trinajstić information content (AvgIpc) is 3.02. The molecule has 1 atom stereocenters. The number of hydrogen-bond acceptors (Lipinski definition) is 9. The first-order chi connectivity index (χ1) is 21.9. The Kier molecular flexibility index (Phi) is 13.8. The number of hydrogen-bond donors (Lipinski definition) is 1. The van der Waals surface area contributed by atoms with Gasteiger partial charge in [-0.05, 0) is 83.0 Å². The Morgan fingerprint density at radius 2 is 1.76 bits per heavy atom. The summed E-state index contributed by atoms with van der Waals surface area (Å²) in [5.74, 6) is 0.0118. The van der Waals surface area contributed by atoms with Crippen molar-refractivity contribution in [2.24, 2.45) is 0 Å². The molecule has 2 aromatic rings. The molecule has 0 aliphatic carbocycles. The lowest BCUT2D eigenvalue weighted by molar-refractivity contribution is -0.143. The number of likely N-dealkylation sites (N-methyl/N-ethyl adjacent to an activating group) is 1. The SMILES string of the molecule is COC(=O)[C@H](CCN(CCCCc1ccc2c(n1)N(C(=O)OC(C)(C)C)CCC2)CC(=O)N(C)C)NC(=O)OCc1ccccc1. The molecular formula is C34H49N5O7. The number of nitrogens with one attached hydrogen (secondary N) is 1. The molecule has 0 unspecified atom stereocenters. The van der Waals surface area contributed by atoms with Gasteiger partial charge in [-0.25, -0.2) is 19.4 Å². The van der Waals surface area contributed by atoms with Crippen molar-refractivity contribution in [1.82, 2.24) is 20.1 Å². The first-order valence-electron chi connectivity index (χ1n) is 15.8. The van der Waals surface area contributed by atoms with E-state index in [1.54, 1.807) is 19.0 Å². The van der Waals surface area contributed by atoms with Crippen LogP contribution in [0.25, 0.3) is 0 Å². The molecule has 46 heavy (non-hydrogen) atoms. The van der Waals surface area contributed by atoms with E-state index in [4.69, 9.17) is 19.2 Å². The predicted molar refractivity (Wildman–Crippen MR) is 174 cm³/mol. The lowest BCUT2D eigenvalue weighted by Gasteiger charge is -2.31. The number of aryl methyl sites for hydroxylation is 2. The van der Waals surface area contributed by atoms with E-state index < -0.39 is 23.7 Å². The van der Waals surface area contributed by atoms with Crippen LogP contribution < -0.4 is 10.2 Å². The second kappa shape index (κ2) is 17.5. The zero-order valence-corrected chi connectivity index (χ0v) is 28.0. The predicted octanol–water partition coefficient (Wildman–Crippen LogP) is 4.34. The molecule has 0 bridgehead atoms. The number of benzene rings is 1. The number of nitrogens with zero attached hydrogens (tertiary/aromatic N) is 4. The minimum Gasteiger partial charge on any atom is -0.467 e. The molecule has 0 spiro atoms. The zero-order valence-electron chi connectivity index (χ0n) is 28.0. The number of carbonyl (C=O) groups is 4. The standard InChI is InChI=1S/C34H49N5O7/c1-34(2,3)46-33(43)39-21-12-15-26-17-18-27(35-30(26)39)16-10-11-20-38(23-29(40)37(4)5)22-19-28(31(41)44-6)36-32(42)45-24-25-13-8-7-9-14-25/h7-9,13-14,17-18,28H,10-12,15-16,19-24H2,1-6H3,(H,36,42)/t28-/m0/s1. The first kappa shape index (κ1) is 36.3. The number of aromatic nitrogens is 1. The maximum Gasteiger partial charge on any atom is 0.416 e. The number of ether oxygens (including phenoxy) is 3. The number of anilines is 1. The molecule has 0 saturated heterocycles. The first-order valence-corrected chi connectivity index (χ1v) is 15.8. The highest BCUT2D eigenvalue weighted by molar-refractivity contribution is 5.88. The van der Waals surface area contributed by atoms with E-state index in [1.807, 2.05) is 68.1 Å². The quantitative estimate of drug-likeness (QED) is 0.182. The number of fused-ring (bicyclic) bond motifs is 1. The van der Waals surface area contributed by atoms with Crippen molar-refractivity contribution in [3.05, 3.63) is 59.3 Å². The number of methoxy groups -OCH3 is 1. The lowest BCUT2D eigenvalue weighted by atomic mass is 10.0. The van der Waals surface area contributed by atoms with E-state index >= 15 is 0 Å². The number of rotatable bonds is 14. The minimum atomic E-state index is -0.933. The third-order valence-electron chi connectivity index (χ3n) is 7.45. The van der Waals surface area contributed by atoms with Gasteiger partial charge in [0.25, 0.3) is 0 Å².